The molecular weight excluding hydrogens is 370 g/mol. The molecule has 142 valence electrons. The zero-order valence-electron chi connectivity index (χ0n) is 15.7. The number of pyridine rings is 1. The summed E-state index contributed by atoms with van der Waals surface area (Å²) in [6, 6.07) is 18.9. The average Bonchev–Trinajstić information content (AvgIpc) is 2.70. The quantitative estimate of drug-likeness (QED) is 0.660. The van der Waals surface area contributed by atoms with Crippen LogP contribution in [0.1, 0.15) is 21.5 Å². The van der Waals surface area contributed by atoms with Crippen LogP contribution >= 0.6 is 11.8 Å². The molecule has 2 amide bonds. The van der Waals surface area contributed by atoms with Crippen LogP contribution in [-0.4, -0.2) is 23.3 Å². The molecule has 2 aromatic carbocycles. The number of nitrogens with one attached hydrogen (secondary N) is 2. The second kappa shape index (κ2) is 9.19. The fourth-order valence-electron chi connectivity index (χ4n) is 2.70. The standard InChI is InChI=1S/C22H21N3O2S/c1-15-8-6-9-16(2)20(15)25-19(26)14-24-21(27)18-12-7-13-23-22(18)28-17-10-4-3-5-11-17/h3-13H,14H2,1-2H3,(H,24,27)(H,25,26). The zero-order valence-corrected chi connectivity index (χ0v) is 16.5. The van der Waals surface area contributed by atoms with Crippen LogP contribution in [0.5, 0.6) is 0 Å². The molecule has 0 aliphatic carbocycles. The number of anilines is 1. The number of carbonyl (C=O) groups excluding carboxylic acids is 2. The highest BCUT2D eigenvalue weighted by molar-refractivity contribution is 7.99. The Hall–Kier alpha value is -3.12. The van der Waals surface area contributed by atoms with Gasteiger partial charge in [-0.1, -0.05) is 48.2 Å². The Balaban J connectivity index is 1.64. The van der Waals surface area contributed by atoms with E-state index >= 15 is 0 Å². The van der Waals surface area contributed by atoms with Gasteiger partial charge in [-0.2, -0.15) is 0 Å². The monoisotopic (exact) mass is 391 g/mol. The van der Waals surface area contributed by atoms with Gasteiger partial charge in [0, 0.05) is 16.8 Å². The maximum absolute atomic E-state index is 12.6. The molecule has 0 atom stereocenters. The molecule has 1 aromatic heterocycles. The Morgan fingerprint density at radius 2 is 1.64 bits per heavy atom. The fourth-order valence-corrected chi connectivity index (χ4v) is 3.60. The van der Waals surface area contributed by atoms with Crippen molar-refractivity contribution in [3.05, 3.63) is 83.6 Å². The summed E-state index contributed by atoms with van der Waals surface area (Å²) >= 11 is 1.41. The van der Waals surface area contributed by atoms with Crippen LogP contribution in [0.25, 0.3) is 0 Å². The van der Waals surface area contributed by atoms with Crippen LogP contribution in [0.4, 0.5) is 5.69 Å². The molecular formula is C22H21N3O2S. The molecule has 5 nitrogen and oxygen atoms in total. The van der Waals surface area contributed by atoms with E-state index in [2.05, 4.69) is 15.6 Å². The highest BCUT2D eigenvalue weighted by atomic mass is 32.2. The normalized spacial score (nSPS) is 10.4. The summed E-state index contributed by atoms with van der Waals surface area (Å²) in [5.41, 5.74) is 3.18. The van der Waals surface area contributed by atoms with Gasteiger partial charge in [0.05, 0.1) is 12.1 Å². The fraction of sp³-hybridized carbons (Fsp3) is 0.136. The van der Waals surface area contributed by atoms with Crippen LogP contribution < -0.4 is 10.6 Å². The zero-order chi connectivity index (χ0) is 19.9. The summed E-state index contributed by atoms with van der Waals surface area (Å²) in [4.78, 5) is 30.2. The van der Waals surface area contributed by atoms with Gasteiger partial charge in [-0.15, -0.1) is 0 Å². The molecule has 0 unspecified atom stereocenters. The summed E-state index contributed by atoms with van der Waals surface area (Å²) in [6.07, 6.45) is 1.65. The lowest BCUT2D eigenvalue weighted by Gasteiger charge is -2.12. The van der Waals surface area contributed by atoms with Crippen molar-refractivity contribution in [2.75, 3.05) is 11.9 Å². The van der Waals surface area contributed by atoms with Gasteiger partial charge in [0.15, 0.2) is 0 Å². The first-order valence-electron chi connectivity index (χ1n) is 8.87. The summed E-state index contributed by atoms with van der Waals surface area (Å²) in [5, 5.41) is 6.14. The lowest BCUT2D eigenvalue weighted by molar-refractivity contribution is -0.115. The number of aryl methyl sites for hydroxylation is 2. The molecule has 2 N–H and O–H groups in total. The molecule has 0 radical (unpaired) electrons. The van der Waals surface area contributed by atoms with Crippen molar-refractivity contribution in [2.24, 2.45) is 0 Å². The molecule has 3 rings (SSSR count). The van der Waals surface area contributed by atoms with Crippen molar-refractivity contribution in [1.82, 2.24) is 10.3 Å². The third-order valence-corrected chi connectivity index (χ3v) is 5.16. The number of amides is 2. The van der Waals surface area contributed by atoms with Crippen molar-refractivity contribution in [2.45, 2.75) is 23.8 Å². The molecule has 0 saturated heterocycles. The number of para-hydroxylation sites is 1. The van der Waals surface area contributed by atoms with E-state index in [4.69, 9.17) is 0 Å². The molecule has 6 heteroatoms. The Morgan fingerprint density at radius 1 is 0.929 bits per heavy atom. The molecule has 0 aliphatic rings. The molecule has 0 aliphatic heterocycles. The minimum atomic E-state index is -0.330. The SMILES string of the molecule is Cc1cccc(C)c1NC(=O)CNC(=O)c1cccnc1Sc1ccccc1. The van der Waals surface area contributed by atoms with E-state index < -0.39 is 0 Å². The van der Waals surface area contributed by atoms with Crippen LogP contribution in [0.3, 0.4) is 0 Å². The number of rotatable bonds is 6. The first-order chi connectivity index (χ1) is 13.5. The Morgan fingerprint density at radius 3 is 2.36 bits per heavy atom. The number of nitrogens with zero attached hydrogens (tertiary/aromatic N) is 1. The highest BCUT2D eigenvalue weighted by Crippen LogP contribution is 2.28. The number of carbonyl (C=O) groups is 2. The van der Waals surface area contributed by atoms with E-state index in [0.29, 0.717) is 10.6 Å². The molecule has 3 aromatic rings. The van der Waals surface area contributed by atoms with Gasteiger partial charge in [-0.05, 0) is 49.2 Å². The van der Waals surface area contributed by atoms with Crippen LogP contribution in [0, 0.1) is 13.8 Å². The van der Waals surface area contributed by atoms with Gasteiger partial charge < -0.3 is 10.6 Å². The van der Waals surface area contributed by atoms with Crippen molar-refractivity contribution < 1.29 is 9.59 Å². The first-order valence-corrected chi connectivity index (χ1v) is 9.68. The summed E-state index contributed by atoms with van der Waals surface area (Å²) < 4.78 is 0. The molecule has 0 spiro atoms. The van der Waals surface area contributed by atoms with E-state index in [1.165, 1.54) is 11.8 Å². The van der Waals surface area contributed by atoms with Crippen LogP contribution in [0.2, 0.25) is 0 Å². The third-order valence-electron chi connectivity index (χ3n) is 4.13. The lowest BCUT2D eigenvalue weighted by atomic mass is 10.1. The number of aromatic nitrogens is 1. The number of hydrogen-bond donors (Lipinski definition) is 2. The van der Waals surface area contributed by atoms with E-state index in [9.17, 15) is 9.59 Å². The maximum Gasteiger partial charge on any atom is 0.254 e. The van der Waals surface area contributed by atoms with Gasteiger partial charge in [-0.3, -0.25) is 9.59 Å². The predicted octanol–water partition coefficient (Wildman–Crippen LogP) is 4.22. The summed E-state index contributed by atoms with van der Waals surface area (Å²) in [6.45, 7) is 3.75. The van der Waals surface area contributed by atoms with E-state index in [-0.39, 0.29) is 18.4 Å². The molecule has 28 heavy (non-hydrogen) atoms. The molecule has 0 fully saturated rings. The van der Waals surface area contributed by atoms with Gasteiger partial charge in [-0.25, -0.2) is 4.98 Å². The molecule has 0 bridgehead atoms. The lowest BCUT2D eigenvalue weighted by Crippen LogP contribution is -2.33. The van der Waals surface area contributed by atoms with Gasteiger partial charge in [0.2, 0.25) is 5.91 Å². The van der Waals surface area contributed by atoms with E-state index in [0.717, 1.165) is 21.7 Å². The highest BCUT2D eigenvalue weighted by Gasteiger charge is 2.15. The number of hydrogen-bond acceptors (Lipinski definition) is 4. The molecule has 0 saturated carbocycles. The van der Waals surface area contributed by atoms with Crippen LogP contribution in [-0.2, 0) is 4.79 Å². The van der Waals surface area contributed by atoms with Gasteiger partial charge in [0.25, 0.3) is 5.91 Å². The summed E-state index contributed by atoms with van der Waals surface area (Å²) in [5.74, 6) is -0.602. The minimum Gasteiger partial charge on any atom is -0.343 e. The van der Waals surface area contributed by atoms with E-state index in [1.807, 2.05) is 62.4 Å². The van der Waals surface area contributed by atoms with Crippen molar-refractivity contribution >= 4 is 29.3 Å². The predicted molar refractivity (Wildman–Crippen MR) is 112 cm³/mol. The summed E-state index contributed by atoms with van der Waals surface area (Å²) in [7, 11) is 0. The van der Waals surface area contributed by atoms with Gasteiger partial charge in [0.1, 0.15) is 5.03 Å². The Labute approximate surface area is 168 Å². The smallest absolute Gasteiger partial charge is 0.254 e. The second-order valence-corrected chi connectivity index (χ2v) is 7.33. The molecule has 1 heterocycles. The first kappa shape index (κ1) is 19.6. The topological polar surface area (TPSA) is 71.1 Å². The second-order valence-electron chi connectivity index (χ2n) is 6.27. The minimum absolute atomic E-state index is 0.114. The van der Waals surface area contributed by atoms with E-state index in [1.54, 1.807) is 18.3 Å². The average molecular weight is 391 g/mol. The Kier molecular flexibility index (Phi) is 6.45. The van der Waals surface area contributed by atoms with Gasteiger partial charge >= 0.3 is 0 Å². The Bertz CT molecular complexity index is 970. The largest absolute Gasteiger partial charge is 0.343 e. The van der Waals surface area contributed by atoms with Crippen molar-refractivity contribution in [3.63, 3.8) is 0 Å². The maximum atomic E-state index is 12.6. The number of benzene rings is 2. The van der Waals surface area contributed by atoms with Crippen LogP contribution in [0.15, 0.2) is 76.8 Å². The van der Waals surface area contributed by atoms with Crippen molar-refractivity contribution in [1.29, 1.82) is 0 Å². The van der Waals surface area contributed by atoms with Crippen molar-refractivity contribution in [3.8, 4) is 0 Å². The third kappa shape index (κ3) is 4.98.